The van der Waals surface area contributed by atoms with E-state index in [4.69, 9.17) is 5.10 Å². The molecule has 2 aromatic carbocycles. The fourth-order valence-corrected chi connectivity index (χ4v) is 3.24. The lowest BCUT2D eigenvalue weighted by atomic mass is 10.1. The normalized spacial score (nSPS) is 11.6. The summed E-state index contributed by atoms with van der Waals surface area (Å²) in [6.45, 7) is 5.27. The van der Waals surface area contributed by atoms with E-state index in [-0.39, 0.29) is 11.6 Å². The zero-order valence-electron chi connectivity index (χ0n) is 17.6. The van der Waals surface area contributed by atoms with Crippen molar-refractivity contribution in [1.29, 1.82) is 0 Å². The van der Waals surface area contributed by atoms with Crippen molar-refractivity contribution < 1.29 is 14.3 Å². The van der Waals surface area contributed by atoms with Gasteiger partial charge in [-0.1, -0.05) is 24.3 Å². The Hall–Kier alpha value is -3.58. The number of imidazole rings is 1. The van der Waals surface area contributed by atoms with Crippen molar-refractivity contribution in [2.45, 2.75) is 26.4 Å². The first-order chi connectivity index (χ1) is 14.7. The van der Waals surface area contributed by atoms with Crippen LogP contribution < -0.4 is 5.32 Å². The number of nitrogens with zero attached hydrogens (tertiary/aromatic N) is 3. The summed E-state index contributed by atoms with van der Waals surface area (Å²) in [5, 5.41) is 18.1. The van der Waals surface area contributed by atoms with Gasteiger partial charge < -0.3 is 10.4 Å². The highest BCUT2D eigenvalue weighted by Crippen LogP contribution is 2.29. The summed E-state index contributed by atoms with van der Waals surface area (Å²) in [4.78, 5) is 16.1. The minimum absolute atomic E-state index is 0.000447. The Balaban J connectivity index is 1.86. The van der Waals surface area contributed by atoms with E-state index in [1.54, 1.807) is 48.8 Å². The molecule has 0 bridgehead atoms. The first-order valence-corrected chi connectivity index (χ1v) is 9.94. The molecule has 0 saturated heterocycles. The third kappa shape index (κ3) is 4.46. The Morgan fingerprint density at radius 3 is 2.35 bits per heavy atom. The lowest BCUT2D eigenvalue weighted by Crippen LogP contribution is -2.29. The first-order valence-electron chi connectivity index (χ1n) is 9.94. The molecule has 0 atom stereocenters. The van der Waals surface area contributed by atoms with Crippen LogP contribution in [0.3, 0.4) is 0 Å². The molecule has 0 spiro atoms. The van der Waals surface area contributed by atoms with E-state index in [0.29, 0.717) is 29.1 Å². The van der Waals surface area contributed by atoms with Crippen molar-refractivity contribution in [1.82, 2.24) is 14.6 Å². The SMILES string of the molecule is CC(=O)c1ccc(-c2cnc3c(NCC(C)(C)O)cc(-c4ccc(F)cc4)nn23)cc1. The summed E-state index contributed by atoms with van der Waals surface area (Å²) >= 11 is 0. The Bertz CT molecular complexity index is 1240. The summed E-state index contributed by atoms with van der Waals surface area (Å²) in [7, 11) is 0. The van der Waals surface area contributed by atoms with Crippen LogP contribution in [0.4, 0.5) is 10.1 Å². The number of anilines is 1. The topological polar surface area (TPSA) is 79.5 Å². The predicted molar refractivity (Wildman–Crippen MR) is 119 cm³/mol. The molecule has 2 heterocycles. The molecular formula is C24H23FN4O2. The Morgan fingerprint density at radius 2 is 1.74 bits per heavy atom. The Morgan fingerprint density at radius 1 is 1.10 bits per heavy atom. The summed E-state index contributed by atoms with van der Waals surface area (Å²) in [6.07, 6.45) is 1.72. The fraction of sp³-hybridized carbons (Fsp3) is 0.208. The minimum atomic E-state index is -0.922. The van der Waals surface area contributed by atoms with Crippen molar-refractivity contribution >= 4 is 17.1 Å². The lowest BCUT2D eigenvalue weighted by Gasteiger charge is -2.19. The van der Waals surface area contributed by atoms with Crippen LogP contribution >= 0.6 is 0 Å². The van der Waals surface area contributed by atoms with Gasteiger partial charge in [-0.25, -0.2) is 13.9 Å². The number of carbonyl (C=O) groups is 1. The predicted octanol–water partition coefficient (Wildman–Crippen LogP) is 4.59. The second-order valence-electron chi connectivity index (χ2n) is 8.13. The number of aliphatic hydroxyl groups is 1. The third-order valence-electron chi connectivity index (χ3n) is 4.91. The van der Waals surface area contributed by atoms with Crippen LogP contribution in [0.15, 0.2) is 60.8 Å². The van der Waals surface area contributed by atoms with Gasteiger partial charge in [-0.15, -0.1) is 0 Å². The molecule has 0 saturated carbocycles. The summed E-state index contributed by atoms with van der Waals surface area (Å²) in [5.74, 6) is -0.321. The van der Waals surface area contributed by atoms with Crippen LogP contribution in [-0.2, 0) is 0 Å². The third-order valence-corrected chi connectivity index (χ3v) is 4.91. The summed E-state index contributed by atoms with van der Waals surface area (Å²) in [6, 6.07) is 15.2. The molecule has 158 valence electrons. The molecule has 0 fully saturated rings. The van der Waals surface area contributed by atoms with Crippen LogP contribution in [0.1, 0.15) is 31.1 Å². The molecule has 6 nitrogen and oxygen atoms in total. The molecule has 2 aromatic heterocycles. The monoisotopic (exact) mass is 418 g/mol. The largest absolute Gasteiger partial charge is 0.389 e. The van der Waals surface area contributed by atoms with Crippen molar-refractivity contribution in [3.63, 3.8) is 0 Å². The molecule has 0 radical (unpaired) electrons. The highest BCUT2D eigenvalue weighted by Gasteiger charge is 2.17. The van der Waals surface area contributed by atoms with Crippen molar-refractivity contribution in [3.8, 4) is 22.5 Å². The number of ketones is 1. The summed E-state index contributed by atoms with van der Waals surface area (Å²) < 4.78 is 15.1. The number of hydrogen-bond donors (Lipinski definition) is 2. The van der Waals surface area contributed by atoms with Gasteiger partial charge in [0.05, 0.1) is 28.9 Å². The van der Waals surface area contributed by atoms with Crippen molar-refractivity contribution in [2.75, 3.05) is 11.9 Å². The Kier molecular flexibility index (Phi) is 5.29. The maximum atomic E-state index is 13.4. The zero-order chi connectivity index (χ0) is 22.2. The van der Waals surface area contributed by atoms with Crippen LogP contribution in [0, 0.1) is 5.82 Å². The van der Waals surface area contributed by atoms with Crippen LogP contribution in [0.5, 0.6) is 0 Å². The number of hydrogen-bond acceptors (Lipinski definition) is 5. The van der Waals surface area contributed by atoms with E-state index >= 15 is 0 Å². The quantitative estimate of drug-likeness (QED) is 0.448. The van der Waals surface area contributed by atoms with Crippen molar-refractivity contribution in [2.24, 2.45) is 0 Å². The van der Waals surface area contributed by atoms with Gasteiger partial charge in [0.15, 0.2) is 11.4 Å². The number of carbonyl (C=O) groups excluding carboxylic acids is 1. The second-order valence-corrected chi connectivity index (χ2v) is 8.13. The van der Waals surface area contributed by atoms with Gasteiger partial charge in [-0.3, -0.25) is 4.79 Å². The average Bonchev–Trinajstić information content (AvgIpc) is 3.16. The molecule has 31 heavy (non-hydrogen) atoms. The number of nitrogens with one attached hydrogen (secondary N) is 1. The average molecular weight is 418 g/mol. The standard InChI is InChI=1S/C24H23FN4O2/c1-15(30)16-4-6-18(7-5-16)22-13-26-23-21(27-14-24(2,3)31)12-20(28-29(22)23)17-8-10-19(25)11-9-17/h4-13,27,31H,14H2,1-3H3. The smallest absolute Gasteiger partial charge is 0.177 e. The Labute approximate surface area is 179 Å². The van der Waals surface area contributed by atoms with Gasteiger partial charge in [0.2, 0.25) is 0 Å². The maximum absolute atomic E-state index is 13.4. The highest BCUT2D eigenvalue weighted by molar-refractivity contribution is 5.94. The van der Waals surface area contributed by atoms with Crippen LogP contribution in [0.2, 0.25) is 0 Å². The number of rotatable bonds is 6. The van der Waals surface area contributed by atoms with Gasteiger partial charge in [0, 0.05) is 23.2 Å². The molecule has 0 aliphatic rings. The zero-order valence-corrected chi connectivity index (χ0v) is 17.6. The number of benzene rings is 2. The highest BCUT2D eigenvalue weighted by atomic mass is 19.1. The van der Waals surface area contributed by atoms with E-state index in [2.05, 4.69) is 10.3 Å². The lowest BCUT2D eigenvalue weighted by molar-refractivity contribution is 0.0944. The first kappa shape index (κ1) is 20.7. The molecule has 0 aliphatic carbocycles. The van der Waals surface area contributed by atoms with E-state index in [9.17, 15) is 14.3 Å². The van der Waals surface area contributed by atoms with Gasteiger partial charge in [0.1, 0.15) is 5.82 Å². The molecule has 0 unspecified atom stereocenters. The molecule has 4 aromatic rings. The number of fused-ring (bicyclic) bond motifs is 1. The van der Waals surface area contributed by atoms with Gasteiger partial charge in [-0.05, 0) is 51.1 Å². The van der Waals surface area contributed by atoms with Gasteiger partial charge in [0.25, 0.3) is 0 Å². The van der Waals surface area contributed by atoms with E-state index < -0.39 is 5.60 Å². The van der Waals surface area contributed by atoms with E-state index in [1.165, 1.54) is 19.1 Å². The van der Waals surface area contributed by atoms with Gasteiger partial charge >= 0.3 is 0 Å². The molecule has 2 N–H and O–H groups in total. The molecule has 0 aliphatic heterocycles. The molecule has 7 heteroatoms. The number of halogens is 1. The van der Waals surface area contributed by atoms with E-state index in [0.717, 1.165) is 16.8 Å². The molecular weight excluding hydrogens is 395 g/mol. The van der Waals surface area contributed by atoms with Crippen LogP contribution in [-0.4, -0.2) is 37.6 Å². The molecule has 4 rings (SSSR count). The minimum Gasteiger partial charge on any atom is -0.389 e. The number of Topliss-reactive ketones (excluding diaryl/α,β-unsaturated/α-hetero) is 1. The summed E-state index contributed by atoms with van der Waals surface area (Å²) in [5.41, 5.74) is 3.99. The maximum Gasteiger partial charge on any atom is 0.177 e. The van der Waals surface area contributed by atoms with Crippen molar-refractivity contribution in [3.05, 3.63) is 72.2 Å². The molecule has 0 amide bonds. The second kappa shape index (κ2) is 7.92. The van der Waals surface area contributed by atoms with Crippen LogP contribution in [0.25, 0.3) is 28.2 Å². The van der Waals surface area contributed by atoms with Gasteiger partial charge in [-0.2, -0.15) is 5.10 Å². The number of aromatic nitrogens is 3. The fourth-order valence-electron chi connectivity index (χ4n) is 3.24. The van der Waals surface area contributed by atoms with E-state index in [1.807, 2.05) is 18.2 Å².